The van der Waals surface area contributed by atoms with E-state index in [-0.39, 0.29) is 1.43 Å². The third-order valence-electron chi connectivity index (χ3n) is 0.702. The first-order chi connectivity index (χ1) is 5.36. The molecular weight excluding hydrogens is 237 g/mol. The van der Waals surface area contributed by atoms with Gasteiger partial charge in [0.15, 0.2) is 0 Å². The maximum Gasteiger partial charge on any atom is 1.00 e. The fourth-order valence-corrected chi connectivity index (χ4v) is 0.866. The molecule has 0 rings (SSSR count). The predicted molar refractivity (Wildman–Crippen MR) is 48.0 cm³/mol. The second-order valence-electron chi connectivity index (χ2n) is 2.30. The van der Waals surface area contributed by atoms with Crippen LogP contribution in [0.25, 0.3) is 0 Å². The van der Waals surface area contributed by atoms with Crippen molar-refractivity contribution in [2.24, 2.45) is 0 Å². The Bertz CT molecular complexity index is 125. The van der Waals surface area contributed by atoms with Crippen molar-refractivity contribution in [3.05, 3.63) is 0 Å². The summed E-state index contributed by atoms with van der Waals surface area (Å²) in [5.41, 5.74) is 0. The molecule has 13 heavy (non-hydrogen) atoms. The third kappa shape index (κ3) is 118. The molecule has 0 aromatic rings. The van der Waals surface area contributed by atoms with Crippen molar-refractivity contribution in [1.29, 1.82) is 0 Å². The first-order valence-corrected chi connectivity index (χ1v) is 6.84. The largest absolute Gasteiger partial charge is 1.00 e. The van der Waals surface area contributed by atoms with E-state index in [0.717, 1.165) is 0 Å². The molecule has 0 heterocycles. The summed E-state index contributed by atoms with van der Waals surface area (Å²) in [5, 5.41) is 0. The van der Waals surface area contributed by atoms with E-state index in [2.05, 4.69) is 13.2 Å². The zero-order valence-corrected chi connectivity index (χ0v) is 8.96. The summed E-state index contributed by atoms with van der Waals surface area (Å²) in [7, 11) is -10.7. The first kappa shape index (κ1) is 15.8. The molecule has 0 bridgehead atoms. The van der Waals surface area contributed by atoms with Gasteiger partial charge in [0.05, 0.1) is 0 Å². The van der Waals surface area contributed by atoms with Crippen LogP contribution in [0.4, 0.5) is 25.2 Å². The molecule has 0 saturated carbocycles. The number of unbranched alkanes of at least 4 members (excludes halogenated alkanes) is 1. The fraction of sp³-hybridized carbons (Fsp3) is 1.00. The Morgan fingerprint density at radius 2 is 1.38 bits per heavy atom. The zero-order valence-electron chi connectivity index (χ0n) is 8.24. The van der Waals surface area contributed by atoms with Crippen LogP contribution in [-0.2, 0) is 0 Å². The van der Waals surface area contributed by atoms with Crippen LogP contribution in [0.2, 0.25) is 0 Å². The molecule has 0 unspecified atom stereocenters. The summed E-state index contributed by atoms with van der Waals surface area (Å²) in [6.07, 6.45) is 4.86. The van der Waals surface area contributed by atoms with Crippen molar-refractivity contribution in [2.75, 3.05) is 12.0 Å². The number of rotatable bonds is 3. The van der Waals surface area contributed by atoms with Gasteiger partial charge in [0, 0.05) is 0 Å². The van der Waals surface area contributed by atoms with E-state index in [1.54, 1.807) is 0 Å². The molecule has 8 heteroatoms. The summed E-state index contributed by atoms with van der Waals surface area (Å²) >= 11 is 1.93. The summed E-state index contributed by atoms with van der Waals surface area (Å²) in [4.78, 5) is 0. The normalized spacial score (nSPS) is 16.6. The Morgan fingerprint density at radius 3 is 1.46 bits per heavy atom. The maximum absolute atomic E-state index is 10.7. The van der Waals surface area contributed by atoms with Crippen LogP contribution in [-0.4, -0.2) is 12.0 Å². The first-order valence-electron chi connectivity index (χ1n) is 3.42. The molecule has 0 aliphatic carbocycles. The third-order valence-corrected chi connectivity index (χ3v) is 1.40. The van der Waals surface area contributed by atoms with E-state index < -0.39 is 7.81 Å². The van der Waals surface area contributed by atoms with Crippen LogP contribution < -0.4 is 0 Å². The number of thioether (sulfide) groups is 1. The van der Waals surface area contributed by atoms with E-state index in [1.807, 2.05) is 11.8 Å². The Morgan fingerprint density at radius 1 is 1.08 bits per heavy atom. The minimum absolute atomic E-state index is 0. The van der Waals surface area contributed by atoms with Gasteiger partial charge in [0.25, 0.3) is 0 Å². The minimum atomic E-state index is -10.7. The van der Waals surface area contributed by atoms with Crippen LogP contribution in [0.1, 0.15) is 21.2 Å². The Labute approximate surface area is 78.8 Å². The number of halogens is 6. The molecule has 0 fully saturated rings. The minimum Gasteiger partial charge on any atom is 1.00 e. The fourth-order valence-electron chi connectivity index (χ4n) is 0.289. The molecule has 86 valence electrons. The molecule has 0 saturated heterocycles. The van der Waals surface area contributed by atoms with Crippen molar-refractivity contribution in [3.63, 3.8) is 0 Å². The van der Waals surface area contributed by atoms with Crippen LogP contribution in [0, 0.1) is 0 Å². The molecule has 0 atom stereocenters. The van der Waals surface area contributed by atoms with Gasteiger partial charge in [-0.1, -0.05) is 13.3 Å². The van der Waals surface area contributed by atoms with Gasteiger partial charge < -0.3 is 0 Å². The molecular formula is C5H13F6PS. The van der Waals surface area contributed by atoms with Crippen LogP contribution in [0.3, 0.4) is 0 Å². The monoisotopic (exact) mass is 250 g/mol. The van der Waals surface area contributed by atoms with Crippen molar-refractivity contribution in [1.82, 2.24) is 0 Å². The quantitative estimate of drug-likeness (QED) is 0.354. The molecule has 0 amide bonds. The Balaban J connectivity index is -0.000000163. The second-order valence-corrected chi connectivity index (χ2v) is 5.21. The van der Waals surface area contributed by atoms with Gasteiger partial charge >= 0.3 is 34.4 Å². The topological polar surface area (TPSA) is 0 Å². The summed E-state index contributed by atoms with van der Waals surface area (Å²) in [6, 6.07) is 0. The Kier molecular flexibility index (Phi) is 5.18. The molecule has 0 spiro atoms. The van der Waals surface area contributed by atoms with Crippen molar-refractivity contribution < 1.29 is 26.6 Å². The van der Waals surface area contributed by atoms with Crippen molar-refractivity contribution in [2.45, 2.75) is 19.8 Å². The van der Waals surface area contributed by atoms with E-state index in [1.165, 1.54) is 18.6 Å². The summed E-state index contributed by atoms with van der Waals surface area (Å²) in [5.74, 6) is 1.33. The smallest absolute Gasteiger partial charge is 1.00 e. The summed E-state index contributed by atoms with van der Waals surface area (Å²) in [6.45, 7) is 2.22. The van der Waals surface area contributed by atoms with Crippen molar-refractivity contribution >= 4 is 19.6 Å². The molecule has 0 aromatic heterocycles. The Hall–Kier alpha value is 0.360. The van der Waals surface area contributed by atoms with Gasteiger partial charge in [-0.2, -0.15) is 11.8 Å². The van der Waals surface area contributed by atoms with E-state index in [0.29, 0.717) is 0 Å². The van der Waals surface area contributed by atoms with Crippen molar-refractivity contribution in [3.8, 4) is 0 Å². The molecule has 0 aliphatic heterocycles. The van der Waals surface area contributed by atoms with Gasteiger partial charge in [-0.05, 0) is 18.4 Å². The van der Waals surface area contributed by atoms with E-state index in [9.17, 15) is 25.2 Å². The predicted octanol–water partition coefficient (Wildman–Crippen LogP) is 5.64. The maximum atomic E-state index is 9.87. The molecule has 0 radical (unpaired) electrons. The van der Waals surface area contributed by atoms with Crippen LogP contribution in [0.15, 0.2) is 0 Å². The SMILES string of the molecule is CCCCSC.F[P-](F)(F)(F)(F)F.[H+]. The average Bonchev–Trinajstić information content (AvgIpc) is 1.76. The van der Waals surface area contributed by atoms with Gasteiger partial charge in [-0.25, -0.2) is 0 Å². The second kappa shape index (κ2) is 4.26. The molecule has 0 aliphatic rings. The van der Waals surface area contributed by atoms with Gasteiger partial charge in [-0.15, -0.1) is 0 Å². The van der Waals surface area contributed by atoms with E-state index in [4.69, 9.17) is 0 Å². The van der Waals surface area contributed by atoms with Crippen LogP contribution in [0.5, 0.6) is 0 Å². The van der Waals surface area contributed by atoms with E-state index >= 15 is 0 Å². The standard InChI is InChI=1S/C5H12S.F6P/c1-3-4-5-6-2;1-7(2,3,4,5)6/h3-5H2,1-2H3;/q;-1/p+1. The molecule has 0 aromatic carbocycles. The average molecular weight is 250 g/mol. The summed E-state index contributed by atoms with van der Waals surface area (Å²) < 4.78 is 59.2. The van der Waals surface area contributed by atoms with Gasteiger partial charge in [0.2, 0.25) is 0 Å². The van der Waals surface area contributed by atoms with Gasteiger partial charge in [-0.3, -0.25) is 0 Å². The zero-order chi connectivity index (χ0) is 11.2. The van der Waals surface area contributed by atoms with Gasteiger partial charge in [0.1, 0.15) is 0 Å². The van der Waals surface area contributed by atoms with Crippen LogP contribution >= 0.6 is 19.6 Å². The molecule has 0 nitrogen and oxygen atoms in total. The number of hydrogen-bond donors (Lipinski definition) is 0. The molecule has 0 N–H and O–H groups in total. The number of hydrogen-bond acceptors (Lipinski definition) is 1.